The molecule has 0 spiro atoms. The fourth-order valence-electron chi connectivity index (χ4n) is 1.71. The molecule has 2 heterocycles. The largest absolute Gasteiger partial charge is 0.465 e. The summed E-state index contributed by atoms with van der Waals surface area (Å²) in [6.45, 7) is 3.94. The van der Waals surface area contributed by atoms with E-state index in [1.54, 1.807) is 19.2 Å². The highest BCUT2D eigenvalue weighted by Crippen LogP contribution is 2.26. The third-order valence-corrected chi connectivity index (χ3v) is 3.33. The Labute approximate surface area is 124 Å². The molecule has 0 amide bonds. The molecule has 0 fully saturated rings. The molecule has 0 saturated heterocycles. The molecule has 0 radical (unpaired) electrons. The Kier molecular flexibility index (Phi) is 4.84. The lowest BCUT2D eigenvalue weighted by Crippen LogP contribution is -2.15. The van der Waals surface area contributed by atoms with E-state index in [4.69, 9.17) is 9.26 Å². The molecule has 2 aromatic heterocycles. The van der Waals surface area contributed by atoms with Gasteiger partial charge >= 0.3 is 5.97 Å². The van der Waals surface area contributed by atoms with E-state index in [1.807, 2.05) is 13.0 Å². The number of esters is 1. The summed E-state index contributed by atoms with van der Waals surface area (Å²) in [4.78, 5) is 20.2. The molecular weight excluding hydrogens is 326 g/mol. The maximum Gasteiger partial charge on any atom is 0.318 e. The summed E-state index contributed by atoms with van der Waals surface area (Å²) in [5.74, 6) is -0.308. The van der Waals surface area contributed by atoms with Crippen molar-refractivity contribution in [1.82, 2.24) is 15.1 Å². The average Bonchev–Trinajstić information content (AvgIpc) is 2.90. The maximum atomic E-state index is 11.8. The summed E-state index contributed by atoms with van der Waals surface area (Å²) in [7, 11) is 0. The average molecular weight is 340 g/mol. The monoisotopic (exact) mass is 339 g/mol. The van der Waals surface area contributed by atoms with Crippen molar-refractivity contribution < 1.29 is 14.1 Å². The van der Waals surface area contributed by atoms with Crippen LogP contribution in [0.3, 0.4) is 0 Å². The van der Waals surface area contributed by atoms with Crippen LogP contribution >= 0.6 is 15.9 Å². The Bertz CT molecular complexity index is 600. The highest BCUT2D eigenvalue weighted by molar-refractivity contribution is 9.10. The van der Waals surface area contributed by atoms with Gasteiger partial charge < -0.3 is 9.26 Å². The second-order valence-corrected chi connectivity index (χ2v) is 4.86. The number of halogens is 1. The first kappa shape index (κ1) is 14.6. The number of rotatable bonds is 5. The van der Waals surface area contributed by atoms with Gasteiger partial charge in [0.25, 0.3) is 0 Å². The van der Waals surface area contributed by atoms with Crippen molar-refractivity contribution in [2.45, 2.75) is 26.2 Å². The van der Waals surface area contributed by atoms with Gasteiger partial charge in [0.05, 0.1) is 6.61 Å². The topological polar surface area (TPSA) is 78.1 Å². The number of nitrogens with zero attached hydrogens (tertiary/aromatic N) is 3. The number of pyridine rings is 1. The van der Waals surface area contributed by atoms with E-state index in [2.05, 4.69) is 31.1 Å². The number of ether oxygens (including phenoxy) is 1. The minimum absolute atomic E-state index is 0.249. The van der Waals surface area contributed by atoms with Gasteiger partial charge in [0, 0.05) is 10.7 Å². The van der Waals surface area contributed by atoms with Gasteiger partial charge in [-0.15, -0.1) is 0 Å². The van der Waals surface area contributed by atoms with Crippen molar-refractivity contribution in [3.05, 3.63) is 28.7 Å². The van der Waals surface area contributed by atoms with Crippen molar-refractivity contribution in [1.29, 1.82) is 0 Å². The van der Waals surface area contributed by atoms with Crippen LogP contribution in [0.5, 0.6) is 0 Å². The zero-order valence-electron chi connectivity index (χ0n) is 11.2. The third-order valence-electron chi connectivity index (χ3n) is 2.69. The Hall–Kier alpha value is -1.76. The van der Waals surface area contributed by atoms with Gasteiger partial charge in [-0.1, -0.05) is 12.1 Å². The number of hydrogen-bond acceptors (Lipinski definition) is 6. The lowest BCUT2D eigenvalue weighted by molar-refractivity contribution is -0.145. The summed E-state index contributed by atoms with van der Waals surface area (Å²) in [5.41, 5.74) is 0.571. The molecule has 7 heteroatoms. The quantitative estimate of drug-likeness (QED) is 0.779. The zero-order chi connectivity index (χ0) is 14.5. The number of carbonyl (C=O) groups excluding carboxylic acids is 1. The predicted octanol–water partition coefficient (Wildman–Crippen LogP) is 2.95. The molecule has 0 aliphatic heterocycles. The summed E-state index contributed by atoms with van der Waals surface area (Å²) in [6.07, 6.45) is 2.17. The fourth-order valence-corrected chi connectivity index (χ4v) is 2.14. The smallest absolute Gasteiger partial charge is 0.318 e. The molecular formula is C13H14BrN3O3. The predicted molar refractivity (Wildman–Crippen MR) is 74.9 cm³/mol. The molecule has 0 aliphatic carbocycles. The molecule has 1 unspecified atom stereocenters. The van der Waals surface area contributed by atoms with Crippen LogP contribution in [0.15, 0.2) is 27.3 Å². The van der Waals surface area contributed by atoms with E-state index in [1.165, 1.54) is 0 Å². The van der Waals surface area contributed by atoms with Crippen LogP contribution in [-0.4, -0.2) is 27.7 Å². The number of hydrogen-bond donors (Lipinski definition) is 0. The summed E-state index contributed by atoms with van der Waals surface area (Å²) in [6, 6.07) is 3.63. The second-order valence-electron chi connectivity index (χ2n) is 4.00. The van der Waals surface area contributed by atoms with Gasteiger partial charge in [-0.25, -0.2) is 0 Å². The molecule has 2 rings (SSSR count). The molecule has 106 valence electrons. The van der Waals surface area contributed by atoms with Gasteiger partial charge in [-0.3, -0.25) is 9.78 Å². The van der Waals surface area contributed by atoms with Crippen molar-refractivity contribution in [3.8, 4) is 11.5 Å². The van der Waals surface area contributed by atoms with Gasteiger partial charge in [-0.2, -0.15) is 4.98 Å². The van der Waals surface area contributed by atoms with Crippen LogP contribution in [0.2, 0.25) is 0 Å². The van der Waals surface area contributed by atoms with E-state index in [9.17, 15) is 4.79 Å². The van der Waals surface area contributed by atoms with E-state index in [-0.39, 0.29) is 11.9 Å². The third kappa shape index (κ3) is 3.04. The zero-order valence-corrected chi connectivity index (χ0v) is 12.8. The molecule has 0 bridgehead atoms. The van der Waals surface area contributed by atoms with E-state index in [0.29, 0.717) is 24.5 Å². The molecule has 1 atom stereocenters. The van der Waals surface area contributed by atoms with Crippen LogP contribution < -0.4 is 0 Å². The Morgan fingerprint density at radius 3 is 2.95 bits per heavy atom. The van der Waals surface area contributed by atoms with Gasteiger partial charge in [0.15, 0.2) is 0 Å². The van der Waals surface area contributed by atoms with Gasteiger partial charge in [0.2, 0.25) is 11.7 Å². The first-order chi connectivity index (χ1) is 9.67. The van der Waals surface area contributed by atoms with Gasteiger partial charge in [0.1, 0.15) is 11.6 Å². The van der Waals surface area contributed by atoms with Crippen LogP contribution in [-0.2, 0) is 9.53 Å². The molecule has 2 aromatic rings. The Morgan fingerprint density at radius 1 is 1.50 bits per heavy atom. The summed E-state index contributed by atoms with van der Waals surface area (Å²) < 4.78 is 10.9. The number of aromatic nitrogens is 3. The van der Waals surface area contributed by atoms with Crippen molar-refractivity contribution >= 4 is 21.9 Å². The molecule has 20 heavy (non-hydrogen) atoms. The van der Waals surface area contributed by atoms with Crippen LogP contribution in [0.1, 0.15) is 32.1 Å². The van der Waals surface area contributed by atoms with E-state index in [0.717, 1.165) is 4.47 Å². The van der Waals surface area contributed by atoms with Crippen LogP contribution in [0.4, 0.5) is 0 Å². The summed E-state index contributed by atoms with van der Waals surface area (Å²) >= 11 is 3.37. The van der Waals surface area contributed by atoms with Crippen molar-refractivity contribution in [2.24, 2.45) is 0 Å². The van der Waals surface area contributed by atoms with Crippen LogP contribution in [0, 0.1) is 0 Å². The molecule has 0 N–H and O–H groups in total. The first-order valence-corrected chi connectivity index (χ1v) is 7.07. The fraction of sp³-hybridized carbons (Fsp3) is 0.385. The number of carbonyl (C=O) groups is 1. The second kappa shape index (κ2) is 6.60. The Morgan fingerprint density at radius 2 is 2.30 bits per heavy atom. The molecule has 0 saturated carbocycles. The first-order valence-electron chi connectivity index (χ1n) is 6.28. The molecule has 0 aliphatic rings. The van der Waals surface area contributed by atoms with Gasteiger partial charge in [-0.05, 0) is 41.4 Å². The SMILES string of the molecule is CCOC(=O)C(CC)c1nc(-c2ncccc2Br)no1. The maximum absolute atomic E-state index is 11.8. The minimum atomic E-state index is -0.543. The summed E-state index contributed by atoms with van der Waals surface area (Å²) in [5, 5.41) is 3.87. The minimum Gasteiger partial charge on any atom is -0.465 e. The van der Waals surface area contributed by atoms with Crippen LogP contribution in [0.25, 0.3) is 11.5 Å². The standard InChI is InChI=1S/C13H14BrN3O3/c1-3-8(13(18)19-4-2)12-16-11(17-20-12)10-9(14)6-5-7-15-10/h5-8H,3-4H2,1-2H3. The van der Waals surface area contributed by atoms with E-state index >= 15 is 0 Å². The highest BCUT2D eigenvalue weighted by Gasteiger charge is 2.27. The van der Waals surface area contributed by atoms with Crippen molar-refractivity contribution in [3.63, 3.8) is 0 Å². The highest BCUT2D eigenvalue weighted by atomic mass is 79.9. The van der Waals surface area contributed by atoms with Crippen molar-refractivity contribution in [2.75, 3.05) is 6.61 Å². The lowest BCUT2D eigenvalue weighted by atomic mass is 10.1. The normalized spacial score (nSPS) is 12.2. The Balaban J connectivity index is 2.28. The molecule has 6 nitrogen and oxygen atoms in total. The molecule has 0 aromatic carbocycles. The lowest BCUT2D eigenvalue weighted by Gasteiger charge is -2.08. The van der Waals surface area contributed by atoms with E-state index < -0.39 is 5.92 Å².